The average molecular weight is 280 g/mol. The maximum Gasteiger partial charge on any atom is 0.243 e. The van der Waals surface area contributed by atoms with Crippen LogP contribution in [0.5, 0.6) is 0 Å². The fraction of sp³-hybridized carbons (Fsp3) is 0.941. The molecule has 116 valence electrons. The van der Waals surface area contributed by atoms with Crippen LogP contribution < -0.4 is 5.32 Å². The first-order chi connectivity index (χ1) is 9.29. The van der Waals surface area contributed by atoms with Crippen LogP contribution in [0.25, 0.3) is 0 Å². The zero-order valence-corrected chi connectivity index (χ0v) is 14.0. The number of nitrogens with one attached hydrogen (secondary N) is 1. The van der Waals surface area contributed by atoms with E-state index in [1.807, 2.05) is 0 Å². The molecule has 1 N–H and O–H groups in total. The maximum atomic E-state index is 13.1. The van der Waals surface area contributed by atoms with Gasteiger partial charge in [-0.05, 0) is 46.5 Å². The van der Waals surface area contributed by atoms with Crippen molar-refractivity contribution in [2.75, 3.05) is 6.54 Å². The number of carbonyl (C=O) groups is 1. The fourth-order valence-corrected chi connectivity index (χ4v) is 3.92. The zero-order valence-electron chi connectivity index (χ0n) is 14.0. The lowest BCUT2D eigenvalue weighted by Gasteiger charge is -2.57. The molecule has 0 atom stereocenters. The van der Waals surface area contributed by atoms with Gasteiger partial charge in [-0.1, -0.05) is 33.1 Å². The van der Waals surface area contributed by atoms with E-state index in [2.05, 4.69) is 44.8 Å². The lowest BCUT2D eigenvalue weighted by molar-refractivity contribution is -0.155. The molecule has 3 nitrogen and oxygen atoms in total. The zero-order chi connectivity index (χ0) is 15.0. The minimum Gasteiger partial charge on any atom is -0.334 e. The molecule has 1 aliphatic carbocycles. The van der Waals surface area contributed by atoms with Gasteiger partial charge < -0.3 is 4.90 Å². The summed E-state index contributed by atoms with van der Waals surface area (Å²) >= 11 is 0. The van der Waals surface area contributed by atoms with Crippen molar-refractivity contribution in [2.45, 2.75) is 96.2 Å². The molecule has 2 fully saturated rings. The number of amides is 1. The van der Waals surface area contributed by atoms with Crippen LogP contribution in [0, 0.1) is 0 Å². The molecule has 0 unspecified atom stereocenters. The highest BCUT2D eigenvalue weighted by Gasteiger charge is 2.53. The lowest BCUT2D eigenvalue weighted by Crippen LogP contribution is -2.76. The molecule has 1 saturated heterocycles. The molecule has 0 radical (unpaired) electrons. The molecule has 3 heteroatoms. The number of hydrogen-bond acceptors (Lipinski definition) is 2. The van der Waals surface area contributed by atoms with Crippen molar-refractivity contribution in [3.05, 3.63) is 0 Å². The molecule has 1 heterocycles. The Morgan fingerprint density at radius 2 is 1.65 bits per heavy atom. The summed E-state index contributed by atoms with van der Waals surface area (Å²) in [5.41, 5.74) is -0.270. The van der Waals surface area contributed by atoms with E-state index in [1.54, 1.807) is 0 Å². The van der Waals surface area contributed by atoms with Crippen molar-refractivity contribution in [1.29, 1.82) is 0 Å². The first-order valence-corrected chi connectivity index (χ1v) is 8.40. The summed E-state index contributed by atoms with van der Waals surface area (Å²) in [5.74, 6) is 0.349. The summed E-state index contributed by atoms with van der Waals surface area (Å²) in [6.45, 7) is 11.9. The van der Waals surface area contributed by atoms with Crippen molar-refractivity contribution in [3.8, 4) is 0 Å². The van der Waals surface area contributed by atoms with Crippen molar-refractivity contribution < 1.29 is 4.79 Å². The normalized spacial score (nSPS) is 26.1. The van der Waals surface area contributed by atoms with Gasteiger partial charge in [0.25, 0.3) is 0 Å². The van der Waals surface area contributed by atoms with E-state index in [9.17, 15) is 4.79 Å². The highest BCUT2D eigenvalue weighted by atomic mass is 16.2. The summed E-state index contributed by atoms with van der Waals surface area (Å²) in [6.07, 6.45) is 7.84. The minimum atomic E-state index is -0.282. The first-order valence-electron chi connectivity index (χ1n) is 8.40. The van der Waals surface area contributed by atoms with Gasteiger partial charge in [-0.2, -0.15) is 0 Å². The number of piperazine rings is 1. The van der Waals surface area contributed by atoms with Gasteiger partial charge in [-0.25, -0.2) is 0 Å². The number of hydrogen-bond donors (Lipinski definition) is 1. The summed E-state index contributed by atoms with van der Waals surface area (Å²) in [6, 6.07) is 0. The molecule has 2 rings (SSSR count). The van der Waals surface area contributed by atoms with E-state index < -0.39 is 0 Å². The SMILES string of the molecule is CCC1(CC)CN(C(C)(C)C)C(=O)C2(CCCCC2)N1. The second kappa shape index (κ2) is 5.32. The second-order valence-corrected chi connectivity index (χ2v) is 7.82. The molecular weight excluding hydrogens is 248 g/mol. The van der Waals surface area contributed by atoms with Crippen LogP contribution in [0.2, 0.25) is 0 Å². The van der Waals surface area contributed by atoms with Gasteiger partial charge in [0.05, 0.1) is 5.54 Å². The predicted octanol–water partition coefficient (Wildman–Crippen LogP) is 3.48. The maximum absolute atomic E-state index is 13.1. The third-order valence-electron chi connectivity index (χ3n) is 5.49. The van der Waals surface area contributed by atoms with Crippen molar-refractivity contribution in [2.24, 2.45) is 0 Å². The Morgan fingerprint density at radius 1 is 1.10 bits per heavy atom. The molecule has 1 saturated carbocycles. The Hall–Kier alpha value is -0.570. The Labute approximate surface area is 124 Å². The summed E-state index contributed by atoms with van der Waals surface area (Å²) in [4.78, 5) is 15.3. The standard InChI is InChI=1S/C17H32N2O/c1-6-16(7-2)13-19(15(3,4)5)14(20)17(18-16)11-9-8-10-12-17/h18H,6-13H2,1-5H3. The molecule has 1 amide bonds. The van der Waals surface area contributed by atoms with E-state index in [-0.39, 0.29) is 16.6 Å². The quantitative estimate of drug-likeness (QED) is 0.840. The minimum absolute atomic E-state index is 0.0841. The highest BCUT2D eigenvalue weighted by Crippen LogP contribution is 2.39. The Kier molecular flexibility index (Phi) is 4.21. The molecule has 20 heavy (non-hydrogen) atoms. The highest BCUT2D eigenvalue weighted by molar-refractivity contribution is 5.88. The molecular formula is C17H32N2O. The van der Waals surface area contributed by atoms with Crippen LogP contribution in [-0.2, 0) is 4.79 Å². The third kappa shape index (κ3) is 2.61. The Balaban J connectivity index is 2.39. The van der Waals surface area contributed by atoms with Crippen LogP contribution >= 0.6 is 0 Å². The topological polar surface area (TPSA) is 32.3 Å². The largest absolute Gasteiger partial charge is 0.334 e. The van der Waals surface area contributed by atoms with Gasteiger partial charge in [0.2, 0.25) is 5.91 Å². The average Bonchev–Trinajstić information content (AvgIpc) is 2.42. The van der Waals surface area contributed by atoms with Gasteiger partial charge in [0.1, 0.15) is 0 Å². The van der Waals surface area contributed by atoms with Gasteiger partial charge in [0, 0.05) is 17.6 Å². The molecule has 0 aromatic carbocycles. The molecule has 0 aromatic rings. The lowest BCUT2D eigenvalue weighted by atomic mass is 9.73. The van der Waals surface area contributed by atoms with Crippen molar-refractivity contribution in [3.63, 3.8) is 0 Å². The summed E-state index contributed by atoms with van der Waals surface area (Å²) < 4.78 is 0. The van der Waals surface area contributed by atoms with Crippen molar-refractivity contribution in [1.82, 2.24) is 10.2 Å². The molecule has 0 bridgehead atoms. The van der Waals surface area contributed by atoms with Crippen LogP contribution in [0.1, 0.15) is 79.6 Å². The second-order valence-electron chi connectivity index (χ2n) is 7.82. The fourth-order valence-electron chi connectivity index (χ4n) is 3.92. The van der Waals surface area contributed by atoms with Crippen LogP contribution in [0.4, 0.5) is 0 Å². The van der Waals surface area contributed by atoms with E-state index >= 15 is 0 Å². The van der Waals surface area contributed by atoms with E-state index in [0.717, 1.165) is 32.2 Å². The van der Waals surface area contributed by atoms with Crippen LogP contribution in [-0.4, -0.2) is 34.0 Å². The molecule has 2 aliphatic rings. The Bertz CT molecular complexity index is 360. The van der Waals surface area contributed by atoms with E-state index in [0.29, 0.717) is 5.91 Å². The first kappa shape index (κ1) is 15.8. The van der Waals surface area contributed by atoms with Gasteiger partial charge in [-0.3, -0.25) is 10.1 Å². The predicted molar refractivity (Wildman–Crippen MR) is 83.7 cm³/mol. The number of rotatable bonds is 2. The molecule has 0 aromatic heterocycles. The Morgan fingerprint density at radius 3 is 2.10 bits per heavy atom. The van der Waals surface area contributed by atoms with Crippen LogP contribution in [0.3, 0.4) is 0 Å². The number of carbonyl (C=O) groups excluding carboxylic acids is 1. The van der Waals surface area contributed by atoms with Gasteiger partial charge >= 0.3 is 0 Å². The van der Waals surface area contributed by atoms with E-state index in [4.69, 9.17) is 0 Å². The van der Waals surface area contributed by atoms with Gasteiger partial charge in [0.15, 0.2) is 0 Å². The summed E-state index contributed by atoms with van der Waals surface area (Å²) in [7, 11) is 0. The monoisotopic (exact) mass is 280 g/mol. The van der Waals surface area contributed by atoms with Crippen molar-refractivity contribution >= 4 is 5.91 Å². The summed E-state index contributed by atoms with van der Waals surface area (Å²) in [5, 5.41) is 3.84. The smallest absolute Gasteiger partial charge is 0.243 e. The van der Waals surface area contributed by atoms with Gasteiger partial charge in [-0.15, -0.1) is 0 Å². The van der Waals surface area contributed by atoms with E-state index in [1.165, 1.54) is 19.3 Å². The van der Waals surface area contributed by atoms with Crippen LogP contribution in [0.15, 0.2) is 0 Å². The molecule has 1 aliphatic heterocycles. The third-order valence-corrected chi connectivity index (χ3v) is 5.49. The molecule has 1 spiro atoms. The number of nitrogens with zero attached hydrogens (tertiary/aromatic N) is 1.